The average molecular weight is 527 g/mol. The van der Waals surface area contributed by atoms with Crippen LogP contribution >= 0.6 is 0 Å². The van der Waals surface area contributed by atoms with E-state index in [0.29, 0.717) is 17.2 Å². The van der Waals surface area contributed by atoms with Gasteiger partial charge in [0.1, 0.15) is 5.75 Å². The normalized spacial score (nSPS) is 25.5. The first-order valence-corrected chi connectivity index (χ1v) is 13.4. The molecule has 5 rings (SSSR count). The van der Waals surface area contributed by atoms with E-state index >= 15 is 0 Å². The summed E-state index contributed by atoms with van der Waals surface area (Å²) in [6, 6.07) is 17.4. The number of aliphatic hydroxyl groups is 2. The maximum atomic E-state index is 10.1. The number of phenols is 1. The molecule has 0 aromatic heterocycles. The summed E-state index contributed by atoms with van der Waals surface area (Å²) in [6.07, 6.45) is 4.47. The van der Waals surface area contributed by atoms with E-state index in [1.54, 1.807) is 0 Å². The minimum Gasteiger partial charge on any atom is -0.508 e. The van der Waals surface area contributed by atoms with Crippen molar-refractivity contribution in [1.29, 1.82) is 0 Å². The van der Waals surface area contributed by atoms with Gasteiger partial charge in [-0.3, -0.25) is 4.90 Å². The Morgan fingerprint density at radius 1 is 1.00 bits per heavy atom. The van der Waals surface area contributed by atoms with Crippen molar-refractivity contribution >= 4 is 17.6 Å². The molecule has 2 aromatic rings. The predicted molar refractivity (Wildman–Crippen MR) is 142 cm³/mol. The molecule has 206 valence electrons. The second kappa shape index (κ2) is 12.1. The average Bonchev–Trinajstić information content (AvgIpc) is 2.92. The van der Waals surface area contributed by atoms with Crippen LogP contribution in [0.15, 0.2) is 48.5 Å². The van der Waals surface area contributed by atoms with Crippen molar-refractivity contribution in [3.63, 3.8) is 0 Å². The molecule has 1 heterocycles. The van der Waals surface area contributed by atoms with Gasteiger partial charge in [0.15, 0.2) is 12.2 Å². The van der Waals surface area contributed by atoms with E-state index in [1.165, 1.54) is 68.4 Å². The molecule has 1 saturated carbocycles. The Bertz CT molecular complexity index is 1090. The first-order valence-electron chi connectivity index (χ1n) is 13.4. The fraction of sp³-hybridized carbons (Fsp3) is 0.517. The van der Waals surface area contributed by atoms with Crippen LogP contribution in [0, 0.1) is 5.92 Å². The Balaban J connectivity index is 0.000000289. The number of fused-ring (bicyclic) bond motifs is 1. The lowest BCUT2D eigenvalue weighted by atomic mass is 9.52. The van der Waals surface area contributed by atoms with Gasteiger partial charge in [-0.05, 0) is 80.0 Å². The molecule has 6 N–H and O–H groups in total. The van der Waals surface area contributed by atoms with Gasteiger partial charge in [0.25, 0.3) is 0 Å². The SMILES string of the molecule is O=C(O)[C@H](O)[C@@H](O)C(=O)O.Oc1ccc2c(c1)[C@@]13CCCC[C@H]1[C@H](C2)N(CCCNc1ccccc1)CC3. The highest BCUT2D eigenvalue weighted by atomic mass is 16.4. The summed E-state index contributed by atoms with van der Waals surface area (Å²) in [4.78, 5) is 22.3. The van der Waals surface area contributed by atoms with Gasteiger partial charge in [0.2, 0.25) is 0 Å². The Hall–Kier alpha value is -3.14. The second-order valence-corrected chi connectivity index (χ2v) is 10.6. The van der Waals surface area contributed by atoms with Gasteiger partial charge >= 0.3 is 11.9 Å². The van der Waals surface area contributed by atoms with E-state index in [2.05, 4.69) is 52.7 Å². The van der Waals surface area contributed by atoms with Crippen LogP contribution in [0.4, 0.5) is 5.69 Å². The molecule has 2 fully saturated rings. The number of rotatable bonds is 8. The number of carboxylic acid groups (broad SMARTS) is 2. The Labute approximate surface area is 222 Å². The van der Waals surface area contributed by atoms with Crippen molar-refractivity contribution in [1.82, 2.24) is 4.90 Å². The van der Waals surface area contributed by atoms with Crippen LogP contribution in [0.5, 0.6) is 5.75 Å². The zero-order valence-corrected chi connectivity index (χ0v) is 21.5. The van der Waals surface area contributed by atoms with Gasteiger partial charge in [-0.1, -0.05) is 37.1 Å². The van der Waals surface area contributed by atoms with Gasteiger partial charge in [-0.2, -0.15) is 0 Å². The highest BCUT2D eigenvalue weighted by molar-refractivity contribution is 5.83. The lowest BCUT2D eigenvalue weighted by Gasteiger charge is -2.59. The Kier molecular flexibility index (Phi) is 8.91. The zero-order valence-electron chi connectivity index (χ0n) is 21.5. The molecule has 0 radical (unpaired) electrons. The molecule has 0 unspecified atom stereocenters. The van der Waals surface area contributed by atoms with Crippen LogP contribution in [0.1, 0.15) is 49.7 Å². The summed E-state index contributed by atoms with van der Waals surface area (Å²) in [7, 11) is 0. The highest BCUT2D eigenvalue weighted by Crippen LogP contribution is 2.56. The number of carboxylic acids is 2. The fourth-order valence-corrected chi connectivity index (χ4v) is 6.69. The van der Waals surface area contributed by atoms with Crippen LogP contribution in [0.25, 0.3) is 0 Å². The van der Waals surface area contributed by atoms with Crippen LogP contribution in [-0.2, 0) is 21.4 Å². The topological polar surface area (TPSA) is 151 Å². The number of phenolic OH excluding ortho intramolecular Hbond substituents is 1. The summed E-state index contributed by atoms with van der Waals surface area (Å²) >= 11 is 0. The molecule has 9 heteroatoms. The lowest BCUT2D eigenvalue weighted by Crippen LogP contribution is -2.61. The minimum absolute atomic E-state index is 0.327. The third kappa shape index (κ3) is 5.95. The number of piperidine rings is 1. The molecular formula is C29H38N2O7. The van der Waals surface area contributed by atoms with Gasteiger partial charge in [0, 0.05) is 30.2 Å². The summed E-state index contributed by atoms with van der Waals surface area (Å²) < 4.78 is 0. The van der Waals surface area contributed by atoms with Crippen LogP contribution in [-0.4, -0.2) is 80.3 Å². The zero-order chi connectivity index (χ0) is 27.3. The summed E-state index contributed by atoms with van der Waals surface area (Å²) in [5.74, 6) is -2.32. The first-order chi connectivity index (χ1) is 18.2. The number of benzene rings is 2. The first kappa shape index (κ1) is 27.9. The summed E-state index contributed by atoms with van der Waals surface area (Å²) in [5.41, 5.74) is 4.53. The number of aromatic hydroxyl groups is 1. The minimum atomic E-state index is -2.27. The van der Waals surface area contributed by atoms with Crippen molar-refractivity contribution in [3.8, 4) is 5.75 Å². The fourth-order valence-electron chi connectivity index (χ4n) is 6.69. The Morgan fingerprint density at radius 2 is 1.71 bits per heavy atom. The molecule has 1 aliphatic heterocycles. The third-order valence-electron chi connectivity index (χ3n) is 8.47. The van der Waals surface area contributed by atoms with E-state index in [4.69, 9.17) is 20.4 Å². The molecule has 2 bridgehead atoms. The maximum Gasteiger partial charge on any atom is 0.335 e. The van der Waals surface area contributed by atoms with Gasteiger partial charge < -0.3 is 30.8 Å². The van der Waals surface area contributed by atoms with Crippen molar-refractivity contribution in [2.75, 3.05) is 25.0 Å². The monoisotopic (exact) mass is 526 g/mol. The molecule has 2 aromatic carbocycles. The number of hydrogen-bond acceptors (Lipinski definition) is 7. The number of anilines is 1. The number of likely N-dealkylation sites (tertiary alicyclic amines) is 1. The van der Waals surface area contributed by atoms with E-state index in [1.807, 2.05) is 6.07 Å². The molecular weight excluding hydrogens is 488 g/mol. The number of aliphatic carboxylic acids is 2. The van der Waals surface area contributed by atoms with Crippen molar-refractivity contribution in [3.05, 3.63) is 59.7 Å². The van der Waals surface area contributed by atoms with Crippen molar-refractivity contribution in [2.24, 2.45) is 5.92 Å². The van der Waals surface area contributed by atoms with Gasteiger partial charge in [0.05, 0.1) is 0 Å². The molecule has 0 amide bonds. The molecule has 1 saturated heterocycles. The van der Waals surface area contributed by atoms with E-state index < -0.39 is 24.1 Å². The number of nitrogens with zero attached hydrogens (tertiary/aromatic N) is 1. The largest absolute Gasteiger partial charge is 0.508 e. The van der Waals surface area contributed by atoms with Crippen LogP contribution < -0.4 is 5.32 Å². The standard InChI is InChI=1S/C25H32N2O.C4H6O6/c28-21-11-10-19-17-24-22-9-4-5-12-25(22,23(19)18-21)13-16-27(24)15-6-14-26-20-7-2-1-3-8-20;5-1(3(7)8)2(6)4(9)10/h1-3,7-8,10-11,18,22,24,26,28H,4-6,9,12-17H2;1-2,5-6H,(H,7,8)(H,9,10)/t22-,24-,25+;1-,2-/m01/s1. The van der Waals surface area contributed by atoms with Crippen molar-refractivity contribution in [2.45, 2.75) is 68.6 Å². The number of nitrogens with one attached hydrogen (secondary N) is 1. The van der Waals surface area contributed by atoms with Gasteiger partial charge in [-0.15, -0.1) is 0 Å². The third-order valence-corrected chi connectivity index (χ3v) is 8.47. The number of carbonyl (C=O) groups is 2. The van der Waals surface area contributed by atoms with Crippen LogP contribution in [0.3, 0.4) is 0 Å². The number of hydrogen-bond donors (Lipinski definition) is 6. The lowest BCUT2D eigenvalue weighted by molar-refractivity contribution is -0.165. The molecule has 0 spiro atoms. The van der Waals surface area contributed by atoms with Gasteiger partial charge in [-0.25, -0.2) is 9.59 Å². The smallest absolute Gasteiger partial charge is 0.335 e. The molecule has 2 aliphatic carbocycles. The van der Waals surface area contributed by atoms with Crippen LogP contribution in [0.2, 0.25) is 0 Å². The quantitative estimate of drug-likeness (QED) is 0.285. The molecule has 3 aliphatic rings. The number of para-hydroxylation sites is 1. The Morgan fingerprint density at radius 3 is 2.39 bits per heavy atom. The second-order valence-electron chi connectivity index (χ2n) is 10.6. The summed E-state index contributed by atoms with van der Waals surface area (Å²) in [5, 5.41) is 46.2. The highest BCUT2D eigenvalue weighted by Gasteiger charge is 2.53. The predicted octanol–water partition coefficient (Wildman–Crippen LogP) is 2.83. The van der Waals surface area contributed by atoms with E-state index in [9.17, 15) is 14.7 Å². The molecule has 5 atom stereocenters. The summed E-state index contributed by atoms with van der Waals surface area (Å²) in [6.45, 7) is 3.43. The molecule has 38 heavy (non-hydrogen) atoms. The maximum absolute atomic E-state index is 10.1. The van der Waals surface area contributed by atoms with E-state index in [-0.39, 0.29) is 0 Å². The van der Waals surface area contributed by atoms with Crippen molar-refractivity contribution < 1.29 is 35.1 Å². The number of aliphatic hydroxyl groups excluding tert-OH is 2. The van der Waals surface area contributed by atoms with E-state index in [0.717, 1.165) is 18.9 Å². The molecule has 9 nitrogen and oxygen atoms in total.